The summed E-state index contributed by atoms with van der Waals surface area (Å²) >= 11 is 0. The Morgan fingerprint density at radius 2 is 1.87 bits per heavy atom. The third kappa shape index (κ3) is 2.25. The van der Waals surface area contributed by atoms with Crippen molar-refractivity contribution in [3.05, 3.63) is 23.3 Å². The number of methoxy groups -OCH3 is 1. The molecule has 0 bridgehead atoms. The van der Waals surface area contributed by atoms with Crippen LogP contribution in [0.25, 0.3) is 0 Å². The molecule has 6 atom stereocenters. The molecule has 1 heterocycles. The van der Waals surface area contributed by atoms with Gasteiger partial charge in [0, 0.05) is 18.3 Å². The molecular formula is C24H28O6. The van der Waals surface area contributed by atoms with Gasteiger partial charge in [-0.1, -0.05) is 18.1 Å². The van der Waals surface area contributed by atoms with Crippen molar-refractivity contribution in [3.8, 4) is 0 Å². The molecule has 1 spiro atoms. The van der Waals surface area contributed by atoms with E-state index in [1.54, 1.807) is 12.2 Å². The first kappa shape index (κ1) is 19.7. The van der Waals surface area contributed by atoms with Crippen molar-refractivity contribution in [1.82, 2.24) is 0 Å². The maximum Gasteiger partial charge on any atom is 0.309 e. The summed E-state index contributed by atoms with van der Waals surface area (Å²) in [4.78, 5) is 50.7. The van der Waals surface area contributed by atoms with Crippen molar-refractivity contribution in [2.75, 3.05) is 7.11 Å². The number of rotatable bonds is 1. The third-order valence-electron chi connectivity index (χ3n) is 9.11. The van der Waals surface area contributed by atoms with Crippen molar-refractivity contribution in [3.63, 3.8) is 0 Å². The Kier molecular flexibility index (Phi) is 4.04. The van der Waals surface area contributed by atoms with Crippen LogP contribution in [0.2, 0.25) is 0 Å². The second-order valence-electron chi connectivity index (χ2n) is 10.1. The molecule has 0 aromatic heterocycles. The van der Waals surface area contributed by atoms with Crippen molar-refractivity contribution in [1.29, 1.82) is 0 Å². The fourth-order valence-electron chi connectivity index (χ4n) is 7.33. The first-order valence-corrected chi connectivity index (χ1v) is 11.0. The maximum atomic E-state index is 13.7. The molecule has 6 heteroatoms. The Bertz CT molecular complexity index is 943. The molecule has 2 saturated carbocycles. The van der Waals surface area contributed by atoms with Crippen molar-refractivity contribution >= 4 is 23.5 Å². The second kappa shape index (κ2) is 6.14. The summed E-state index contributed by atoms with van der Waals surface area (Å²) in [5, 5.41) is 0. The molecule has 6 nitrogen and oxygen atoms in total. The van der Waals surface area contributed by atoms with Gasteiger partial charge >= 0.3 is 11.9 Å². The highest BCUT2D eigenvalue weighted by atomic mass is 16.6. The maximum absolute atomic E-state index is 13.7. The lowest BCUT2D eigenvalue weighted by molar-refractivity contribution is -0.168. The number of carbonyl (C=O) groups excluding carboxylic acids is 4. The van der Waals surface area contributed by atoms with Crippen LogP contribution in [0.15, 0.2) is 23.3 Å². The minimum Gasteiger partial charge on any atom is -0.469 e. The summed E-state index contributed by atoms with van der Waals surface area (Å²) in [6, 6.07) is 0. The molecule has 0 radical (unpaired) electrons. The molecule has 1 aliphatic heterocycles. The van der Waals surface area contributed by atoms with Gasteiger partial charge in [-0.05, 0) is 63.0 Å². The lowest BCUT2D eigenvalue weighted by atomic mass is 9.47. The largest absolute Gasteiger partial charge is 0.469 e. The number of ether oxygens (including phenoxy) is 2. The molecule has 0 N–H and O–H groups in total. The van der Waals surface area contributed by atoms with E-state index in [0.29, 0.717) is 38.5 Å². The van der Waals surface area contributed by atoms with Crippen molar-refractivity contribution < 1.29 is 28.7 Å². The second-order valence-corrected chi connectivity index (χ2v) is 10.1. The van der Waals surface area contributed by atoms with Crippen LogP contribution >= 0.6 is 0 Å². The van der Waals surface area contributed by atoms with Gasteiger partial charge in [-0.25, -0.2) is 0 Å². The highest BCUT2D eigenvalue weighted by molar-refractivity contribution is 6.00. The highest BCUT2D eigenvalue weighted by Gasteiger charge is 2.70. The molecular weight excluding hydrogens is 384 g/mol. The summed E-state index contributed by atoms with van der Waals surface area (Å²) in [5.74, 6) is -1.13. The minimum atomic E-state index is -0.832. The average molecular weight is 412 g/mol. The number of hydrogen-bond donors (Lipinski definition) is 0. The molecule has 4 aliphatic carbocycles. The Morgan fingerprint density at radius 1 is 1.10 bits per heavy atom. The number of esters is 2. The van der Waals surface area contributed by atoms with Gasteiger partial charge in [0.25, 0.3) is 0 Å². The van der Waals surface area contributed by atoms with E-state index in [-0.39, 0.29) is 40.8 Å². The number of carbonyl (C=O) groups is 4. The van der Waals surface area contributed by atoms with Gasteiger partial charge in [-0.3, -0.25) is 19.2 Å². The van der Waals surface area contributed by atoms with Gasteiger partial charge in [0.2, 0.25) is 0 Å². The molecule has 0 aromatic carbocycles. The van der Waals surface area contributed by atoms with Crippen LogP contribution in [-0.4, -0.2) is 36.2 Å². The van der Waals surface area contributed by atoms with Crippen LogP contribution in [0, 0.1) is 28.6 Å². The zero-order valence-corrected chi connectivity index (χ0v) is 17.8. The standard InChI is InChI=1S/C24H28O6/c1-22-7-4-14(25)10-13(22)11-15(21(28)29-3)20-16-5-8-24(9-6-19(27)30-24)23(16,2)18(26)12-17(20)22/h10,12,15-16,20H,4-9,11H2,1-3H3/t15-,16?,20?,22?,23?,24-/m1/s1. The molecule has 0 amide bonds. The predicted molar refractivity (Wildman–Crippen MR) is 106 cm³/mol. The van der Waals surface area contributed by atoms with Crippen LogP contribution in [0.1, 0.15) is 58.8 Å². The SMILES string of the molecule is COC(=O)[C@@H]1CC2=CC(=O)CCC2(C)C2=CC(=O)C3(C)C(CC[C@@]34CCC(=O)O4)C21. The molecule has 5 aliphatic rings. The number of hydrogen-bond acceptors (Lipinski definition) is 6. The van der Waals surface area contributed by atoms with Crippen LogP contribution in [0.3, 0.4) is 0 Å². The Balaban J connectivity index is 1.68. The van der Waals surface area contributed by atoms with E-state index >= 15 is 0 Å². The third-order valence-corrected chi connectivity index (χ3v) is 9.11. The molecule has 0 aromatic rings. The van der Waals surface area contributed by atoms with Gasteiger partial charge in [-0.2, -0.15) is 0 Å². The topological polar surface area (TPSA) is 86.7 Å². The number of allylic oxidation sites excluding steroid dienone is 4. The van der Waals surface area contributed by atoms with Gasteiger partial charge in [0.05, 0.1) is 18.4 Å². The van der Waals surface area contributed by atoms with Crippen LogP contribution < -0.4 is 0 Å². The summed E-state index contributed by atoms with van der Waals surface area (Å²) in [5.41, 5.74) is -0.0809. The number of fused-ring (bicyclic) bond motifs is 6. The van der Waals surface area contributed by atoms with Crippen molar-refractivity contribution in [2.45, 2.75) is 64.4 Å². The number of ketones is 2. The van der Waals surface area contributed by atoms with E-state index in [1.807, 2.05) is 6.92 Å². The summed E-state index contributed by atoms with van der Waals surface area (Å²) in [7, 11) is 1.39. The fraction of sp³-hybridized carbons (Fsp3) is 0.667. The molecule has 1 saturated heterocycles. The van der Waals surface area contributed by atoms with E-state index in [1.165, 1.54) is 7.11 Å². The minimum absolute atomic E-state index is 0.00561. The van der Waals surface area contributed by atoms with E-state index in [9.17, 15) is 19.2 Å². The fourth-order valence-corrected chi connectivity index (χ4v) is 7.33. The Morgan fingerprint density at radius 3 is 2.53 bits per heavy atom. The lowest BCUT2D eigenvalue weighted by Crippen LogP contribution is -2.57. The Hall–Kier alpha value is -2.24. The van der Waals surface area contributed by atoms with E-state index in [0.717, 1.165) is 17.6 Å². The smallest absolute Gasteiger partial charge is 0.309 e. The van der Waals surface area contributed by atoms with E-state index in [4.69, 9.17) is 9.47 Å². The lowest BCUT2D eigenvalue weighted by Gasteiger charge is -2.55. The van der Waals surface area contributed by atoms with Crippen LogP contribution in [0.5, 0.6) is 0 Å². The van der Waals surface area contributed by atoms with E-state index < -0.39 is 16.9 Å². The van der Waals surface area contributed by atoms with Crippen LogP contribution in [-0.2, 0) is 28.7 Å². The zero-order chi connectivity index (χ0) is 21.5. The van der Waals surface area contributed by atoms with E-state index in [2.05, 4.69) is 6.92 Å². The van der Waals surface area contributed by atoms with Gasteiger partial charge in [0.1, 0.15) is 5.60 Å². The molecule has 4 unspecified atom stereocenters. The first-order chi connectivity index (χ1) is 14.2. The predicted octanol–water partition coefficient (Wildman–Crippen LogP) is 3.09. The van der Waals surface area contributed by atoms with Gasteiger partial charge in [-0.15, -0.1) is 0 Å². The molecule has 30 heavy (non-hydrogen) atoms. The summed E-state index contributed by atoms with van der Waals surface area (Å²) < 4.78 is 11.0. The highest BCUT2D eigenvalue weighted by Crippen LogP contribution is 2.68. The molecule has 5 rings (SSSR count). The van der Waals surface area contributed by atoms with Crippen molar-refractivity contribution in [2.24, 2.45) is 28.6 Å². The molecule has 160 valence electrons. The summed E-state index contributed by atoms with van der Waals surface area (Å²) in [6.07, 6.45) is 7.28. The molecule has 3 fully saturated rings. The van der Waals surface area contributed by atoms with Crippen LogP contribution in [0.4, 0.5) is 0 Å². The quantitative estimate of drug-likeness (QED) is 0.615. The zero-order valence-electron chi connectivity index (χ0n) is 17.8. The summed E-state index contributed by atoms with van der Waals surface area (Å²) in [6.45, 7) is 4.04. The van der Waals surface area contributed by atoms with Gasteiger partial charge < -0.3 is 9.47 Å². The first-order valence-electron chi connectivity index (χ1n) is 11.0. The van der Waals surface area contributed by atoms with Gasteiger partial charge in [0.15, 0.2) is 11.6 Å². The normalized spacial score (nSPS) is 44.6. The Labute approximate surface area is 176 Å². The monoisotopic (exact) mass is 412 g/mol. The average Bonchev–Trinajstić information content (AvgIpc) is 3.24.